The van der Waals surface area contributed by atoms with E-state index in [4.69, 9.17) is 10.5 Å². The molecule has 1 fully saturated rings. The minimum atomic E-state index is -0.531. The molecule has 1 unspecified atom stereocenters. The Morgan fingerprint density at radius 2 is 2.41 bits per heavy atom. The maximum absolute atomic E-state index is 12.0. The number of nitrogens with two attached hydrogens (primary N) is 1. The Hall–Kier alpha value is -1.14. The van der Waals surface area contributed by atoms with Gasteiger partial charge < -0.3 is 20.7 Å². The van der Waals surface area contributed by atoms with Crippen molar-refractivity contribution in [2.24, 2.45) is 5.73 Å². The third kappa shape index (κ3) is 4.70. The van der Waals surface area contributed by atoms with Crippen LogP contribution >= 0.6 is 0 Å². The van der Waals surface area contributed by atoms with Crippen LogP contribution in [-0.2, 0) is 14.3 Å². The maximum atomic E-state index is 12.0. The molecule has 98 valence electrons. The van der Waals surface area contributed by atoms with Crippen molar-refractivity contribution in [2.45, 2.75) is 25.3 Å². The first kappa shape index (κ1) is 13.9. The summed E-state index contributed by atoms with van der Waals surface area (Å²) >= 11 is 0. The first-order chi connectivity index (χ1) is 8.15. The highest BCUT2D eigenvalue weighted by Gasteiger charge is 2.24. The quantitative estimate of drug-likeness (QED) is 0.612. The van der Waals surface area contributed by atoms with Gasteiger partial charge in [0.25, 0.3) is 0 Å². The van der Waals surface area contributed by atoms with Crippen LogP contribution in [0.25, 0.3) is 0 Å². The van der Waals surface area contributed by atoms with Gasteiger partial charge in [-0.05, 0) is 19.3 Å². The summed E-state index contributed by atoms with van der Waals surface area (Å²) in [5, 5.41) is 2.73. The van der Waals surface area contributed by atoms with E-state index in [0.29, 0.717) is 26.1 Å². The summed E-state index contributed by atoms with van der Waals surface area (Å²) < 4.78 is 4.91. The highest BCUT2D eigenvalue weighted by atomic mass is 16.5. The predicted molar refractivity (Wildman–Crippen MR) is 63.3 cm³/mol. The van der Waals surface area contributed by atoms with Gasteiger partial charge in [0, 0.05) is 26.8 Å². The van der Waals surface area contributed by atoms with Crippen molar-refractivity contribution >= 4 is 11.8 Å². The molecule has 17 heavy (non-hydrogen) atoms. The molecule has 1 saturated heterocycles. The van der Waals surface area contributed by atoms with Crippen LogP contribution in [0.4, 0.5) is 0 Å². The molecule has 0 bridgehead atoms. The molecule has 0 spiro atoms. The van der Waals surface area contributed by atoms with Gasteiger partial charge >= 0.3 is 0 Å². The zero-order chi connectivity index (χ0) is 12.7. The van der Waals surface area contributed by atoms with Crippen LogP contribution in [0.1, 0.15) is 19.3 Å². The Balaban J connectivity index is 2.41. The van der Waals surface area contributed by atoms with Crippen molar-refractivity contribution in [2.75, 3.05) is 33.4 Å². The van der Waals surface area contributed by atoms with Crippen LogP contribution in [0.3, 0.4) is 0 Å². The largest absolute Gasteiger partial charge is 0.385 e. The molecule has 1 rings (SSSR count). The van der Waals surface area contributed by atoms with Crippen LogP contribution in [0.5, 0.6) is 0 Å². The van der Waals surface area contributed by atoms with Crippen LogP contribution in [-0.4, -0.2) is 56.1 Å². The average molecular weight is 243 g/mol. The second-order valence-corrected chi connectivity index (χ2v) is 4.20. The molecule has 1 aliphatic heterocycles. The molecule has 1 atom stereocenters. The molecule has 0 aliphatic carbocycles. The number of amides is 2. The number of hydrogen-bond donors (Lipinski definition) is 2. The number of carbonyl (C=O) groups is 2. The normalized spacial score (nSPS) is 18.5. The Morgan fingerprint density at radius 1 is 1.65 bits per heavy atom. The monoisotopic (exact) mass is 243 g/mol. The summed E-state index contributed by atoms with van der Waals surface area (Å²) in [4.78, 5) is 24.8. The van der Waals surface area contributed by atoms with E-state index in [0.717, 1.165) is 12.8 Å². The summed E-state index contributed by atoms with van der Waals surface area (Å²) in [6, 6.07) is -0.531. The standard InChI is InChI=1S/C11H21N3O3/c1-17-7-2-4-9(12)11(16)14-6-3-5-13-10(15)8-14/h9H,2-8,12H2,1H3,(H,13,15). The summed E-state index contributed by atoms with van der Waals surface area (Å²) in [5.74, 6) is -0.252. The number of hydrogen-bond acceptors (Lipinski definition) is 4. The molecule has 0 aromatic heterocycles. The SMILES string of the molecule is COCCCC(N)C(=O)N1CCCNC(=O)C1. The minimum absolute atomic E-state index is 0.111. The van der Waals surface area contributed by atoms with E-state index in [9.17, 15) is 9.59 Å². The van der Waals surface area contributed by atoms with Crippen molar-refractivity contribution < 1.29 is 14.3 Å². The first-order valence-electron chi connectivity index (χ1n) is 5.95. The number of ether oxygens (including phenoxy) is 1. The van der Waals surface area contributed by atoms with Crippen LogP contribution in [0.2, 0.25) is 0 Å². The Bertz CT molecular complexity index is 271. The van der Waals surface area contributed by atoms with Crippen LogP contribution < -0.4 is 11.1 Å². The fourth-order valence-electron chi connectivity index (χ4n) is 1.80. The molecule has 0 saturated carbocycles. The van der Waals surface area contributed by atoms with Gasteiger partial charge in [-0.2, -0.15) is 0 Å². The second-order valence-electron chi connectivity index (χ2n) is 4.20. The van der Waals surface area contributed by atoms with Crippen molar-refractivity contribution in [3.8, 4) is 0 Å². The average Bonchev–Trinajstić information content (AvgIpc) is 2.53. The lowest BCUT2D eigenvalue weighted by Crippen LogP contribution is -2.46. The molecule has 6 nitrogen and oxygen atoms in total. The van der Waals surface area contributed by atoms with Gasteiger partial charge in [-0.1, -0.05) is 0 Å². The lowest BCUT2D eigenvalue weighted by Gasteiger charge is -2.22. The number of nitrogens with zero attached hydrogens (tertiary/aromatic N) is 1. The van der Waals surface area contributed by atoms with E-state index >= 15 is 0 Å². The fraction of sp³-hybridized carbons (Fsp3) is 0.818. The second kappa shape index (κ2) is 7.24. The summed E-state index contributed by atoms with van der Waals surface area (Å²) in [6.45, 7) is 1.94. The lowest BCUT2D eigenvalue weighted by molar-refractivity contribution is -0.136. The molecule has 2 amide bonds. The summed E-state index contributed by atoms with van der Waals surface area (Å²) in [5.41, 5.74) is 5.81. The molecule has 0 aromatic rings. The maximum Gasteiger partial charge on any atom is 0.239 e. The Kier molecular flexibility index (Phi) is 5.93. The van der Waals surface area contributed by atoms with E-state index in [1.165, 1.54) is 0 Å². The summed E-state index contributed by atoms with van der Waals surface area (Å²) in [6.07, 6.45) is 2.12. The summed E-state index contributed by atoms with van der Waals surface area (Å²) in [7, 11) is 1.62. The third-order valence-corrected chi connectivity index (χ3v) is 2.75. The molecule has 1 aliphatic rings. The number of methoxy groups -OCH3 is 1. The van der Waals surface area contributed by atoms with Gasteiger partial charge in [0.15, 0.2) is 0 Å². The smallest absolute Gasteiger partial charge is 0.239 e. The first-order valence-corrected chi connectivity index (χ1v) is 5.95. The predicted octanol–water partition coefficient (Wildman–Crippen LogP) is -0.911. The molecular formula is C11H21N3O3. The van der Waals surface area contributed by atoms with Gasteiger partial charge in [0.1, 0.15) is 0 Å². The highest BCUT2D eigenvalue weighted by Crippen LogP contribution is 2.03. The van der Waals surface area contributed by atoms with Crippen molar-refractivity contribution in [3.63, 3.8) is 0 Å². The van der Waals surface area contributed by atoms with E-state index in [2.05, 4.69) is 5.32 Å². The van der Waals surface area contributed by atoms with Gasteiger partial charge in [0.2, 0.25) is 11.8 Å². The third-order valence-electron chi connectivity index (χ3n) is 2.75. The number of carbonyl (C=O) groups excluding carboxylic acids is 2. The zero-order valence-corrected chi connectivity index (χ0v) is 10.3. The fourth-order valence-corrected chi connectivity index (χ4v) is 1.80. The molecule has 3 N–H and O–H groups in total. The topological polar surface area (TPSA) is 84.7 Å². The van der Waals surface area contributed by atoms with Crippen molar-refractivity contribution in [3.05, 3.63) is 0 Å². The van der Waals surface area contributed by atoms with E-state index < -0.39 is 6.04 Å². The van der Waals surface area contributed by atoms with E-state index in [-0.39, 0.29) is 18.4 Å². The van der Waals surface area contributed by atoms with Crippen molar-refractivity contribution in [1.82, 2.24) is 10.2 Å². The van der Waals surface area contributed by atoms with Gasteiger partial charge in [-0.25, -0.2) is 0 Å². The highest BCUT2D eigenvalue weighted by molar-refractivity contribution is 5.87. The van der Waals surface area contributed by atoms with Crippen LogP contribution in [0, 0.1) is 0 Å². The Morgan fingerprint density at radius 3 is 3.12 bits per heavy atom. The Labute approximate surface area is 101 Å². The van der Waals surface area contributed by atoms with Gasteiger partial charge in [0.05, 0.1) is 12.6 Å². The molecule has 6 heteroatoms. The zero-order valence-electron chi connectivity index (χ0n) is 10.3. The minimum Gasteiger partial charge on any atom is -0.385 e. The van der Waals surface area contributed by atoms with Crippen LogP contribution in [0.15, 0.2) is 0 Å². The molecule has 0 aromatic carbocycles. The van der Waals surface area contributed by atoms with Crippen molar-refractivity contribution in [1.29, 1.82) is 0 Å². The van der Waals surface area contributed by atoms with E-state index in [1.54, 1.807) is 12.0 Å². The van der Waals surface area contributed by atoms with Gasteiger partial charge in [-0.15, -0.1) is 0 Å². The van der Waals surface area contributed by atoms with E-state index in [1.807, 2.05) is 0 Å². The molecule has 0 radical (unpaired) electrons. The lowest BCUT2D eigenvalue weighted by atomic mass is 10.1. The molecular weight excluding hydrogens is 222 g/mol. The van der Waals surface area contributed by atoms with Gasteiger partial charge in [-0.3, -0.25) is 9.59 Å². The molecule has 1 heterocycles. The number of nitrogens with one attached hydrogen (secondary N) is 1. The number of rotatable bonds is 5.